The summed E-state index contributed by atoms with van der Waals surface area (Å²) in [6.45, 7) is 2.03. The third-order valence-electron chi connectivity index (χ3n) is 5.20. The van der Waals surface area contributed by atoms with Gasteiger partial charge in [-0.15, -0.1) is 0 Å². The predicted molar refractivity (Wildman–Crippen MR) is 105 cm³/mol. The van der Waals surface area contributed by atoms with Gasteiger partial charge in [0.2, 0.25) is 17.7 Å². The molecule has 0 atom stereocenters. The van der Waals surface area contributed by atoms with Crippen LogP contribution in [0.3, 0.4) is 0 Å². The van der Waals surface area contributed by atoms with Crippen molar-refractivity contribution in [1.82, 2.24) is 5.32 Å². The van der Waals surface area contributed by atoms with Gasteiger partial charge in [0, 0.05) is 24.8 Å². The van der Waals surface area contributed by atoms with Gasteiger partial charge in [0.05, 0.1) is 0 Å². The molecule has 0 spiro atoms. The van der Waals surface area contributed by atoms with Crippen molar-refractivity contribution in [3.05, 3.63) is 35.9 Å². The number of amides is 3. The largest absolute Gasteiger partial charge is 0.355 e. The summed E-state index contributed by atoms with van der Waals surface area (Å²) in [5.41, 5.74) is 1.75. The second-order valence-electron chi connectivity index (χ2n) is 7.41. The van der Waals surface area contributed by atoms with Gasteiger partial charge >= 0.3 is 0 Å². The van der Waals surface area contributed by atoms with E-state index in [1.165, 1.54) is 25.3 Å². The predicted octanol–water partition coefficient (Wildman–Crippen LogP) is 3.37. The van der Waals surface area contributed by atoms with Crippen molar-refractivity contribution in [2.75, 3.05) is 17.2 Å². The summed E-state index contributed by atoms with van der Waals surface area (Å²) in [7, 11) is 0. The molecule has 1 aromatic carbocycles. The highest BCUT2D eigenvalue weighted by Gasteiger charge is 2.56. The summed E-state index contributed by atoms with van der Waals surface area (Å²) < 4.78 is 0. The van der Waals surface area contributed by atoms with Gasteiger partial charge in [0.25, 0.3) is 0 Å². The molecule has 6 nitrogen and oxygen atoms in total. The Morgan fingerprint density at radius 2 is 1.63 bits per heavy atom. The van der Waals surface area contributed by atoms with Crippen LogP contribution in [0, 0.1) is 5.41 Å². The van der Waals surface area contributed by atoms with Crippen LogP contribution in [-0.2, 0) is 14.4 Å². The zero-order chi connectivity index (χ0) is 19.3. The Balaban J connectivity index is 1.50. The molecule has 0 unspecified atom stereocenters. The molecule has 2 aliphatic rings. The van der Waals surface area contributed by atoms with E-state index in [2.05, 4.69) is 22.0 Å². The first kappa shape index (κ1) is 19.1. The van der Waals surface area contributed by atoms with Gasteiger partial charge in [-0.1, -0.05) is 11.6 Å². The fourth-order valence-corrected chi connectivity index (χ4v) is 3.41. The van der Waals surface area contributed by atoms with Gasteiger partial charge in [-0.25, -0.2) is 0 Å². The third kappa shape index (κ3) is 4.96. The number of nitrogens with one attached hydrogen (secondary N) is 3. The van der Waals surface area contributed by atoms with Crippen LogP contribution < -0.4 is 16.0 Å². The summed E-state index contributed by atoms with van der Waals surface area (Å²) >= 11 is 0. The van der Waals surface area contributed by atoms with Gasteiger partial charge in [-0.2, -0.15) is 0 Å². The maximum absolute atomic E-state index is 12.6. The van der Waals surface area contributed by atoms with E-state index in [0.717, 1.165) is 19.3 Å². The van der Waals surface area contributed by atoms with E-state index in [-0.39, 0.29) is 17.7 Å². The van der Waals surface area contributed by atoms with Gasteiger partial charge in [0.15, 0.2) is 0 Å². The van der Waals surface area contributed by atoms with Crippen molar-refractivity contribution in [3.8, 4) is 0 Å². The minimum Gasteiger partial charge on any atom is -0.355 e. The minimum absolute atomic E-state index is 0.149. The highest BCUT2D eigenvalue weighted by atomic mass is 16.2. The normalized spacial score (nSPS) is 17.4. The van der Waals surface area contributed by atoms with Crippen molar-refractivity contribution in [2.24, 2.45) is 5.41 Å². The van der Waals surface area contributed by atoms with Crippen LogP contribution in [0.1, 0.15) is 51.9 Å². The van der Waals surface area contributed by atoms with Crippen LogP contribution in [0.4, 0.5) is 11.4 Å². The first-order valence-corrected chi connectivity index (χ1v) is 9.65. The molecule has 3 amide bonds. The molecule has 1 saturated carbocycles. The fraction of sp³-hybridized carbons (Fsp3) is 0.476. The lowest BCUT2D eigenvalue weighted by Gasteiger charge is -2.17. The number of hydrogen-bond donors (Lipinski definition) is 3. The monoisotopic (exact) mass is 369 g/mol. The molecule has 0 aliphatic heterocycles. The highest BCUT2D eigenvalue weighted by molar-refractivity contribution is 6.13. The number of benzene rings is 1. The van der Waals surface area contributed by atoms with Gasteiger partial charge in [0.1, 0.15) is 5.41 Å². The lowest BCUT2D eigenvalue weighted by Crippen LogP contribution is -2.40. The maximum Gasteiger partial charge on any atom is 0.240 e. The van der Waals surface area contributed by atoms with Crippen LogP contribution in [-0.4, -0.2) is 24.3 Å². The molecule has 1 fully saturated rings. The molecule has 1 aromatic rings. The first-order valence-electron chi connectivity index (χ1n) is 9.65. The molecular formula is C21H27N3O3. The standard InChI is InChI=1S/C21H27N3O3/c1-15(25)23-17-7-9-18(10-8-17)24-20(27)21(12-13-21)19(26)22-14-11-16-5-3-2-4-6-16/h5,7-10H,2-4,6,11-14H2,1H3,(H,22,26)(H,23,25)(H,24,27). The van der Waals surface area contributed by atoms with E-state index < -0.39 is 5.41 Å². The summed E-state index contributed by atoms with van der Waals surface area (Å²) in [6, 6.07) is 6.86. The average molecular weight is 369 g/mol. The Kier molecular flexibility index (Phi) is 5.94. The number of allylic oxidation sites excluding steroid dienone is 1. The molecular weight excluding hydrogens is 342 g/mol. The van der Waals surface area contributed by atoms with Crippen LogP contribution in [0.2, 0.25) is 0 Å². The second kappa shape index (κ2) is 8.37. The number of rotatable bonds is 7. The summed E-state index contributed by atoms with van der Waals surface area (Å²) in [4.78, 5) is 36.2. The molecule has 27 heavy (non-hydrogen) atoms. The molecule has 0 bridgehead atoms. The van der Waals surface area contributed by atoms with Gasteiger partial charge < -0.3 is 16.0 Å². The van der Waals surface area contributed by atoms with Crippen molar-refractivity contribution in [2.45, 2.75) is 51.9 Å². The van der Waals surface area contributed by atoms with E-state index in [4.69, 9.17) is 0 Å². The number of carbonyl (C=O) groups excluding carboxylic acids is 3. The molecule has 144 valence electrons. The smallest absolute Gasteiger partial charge is 0.240 e. The van der Waals surface area contributed by atoms with Gasteiger partial charge in [-0.3, -0.25) is 14.4 Å². The molecule has 0 radical (unpaired) electrons. The second-order valence-corrected chi connectivity index (χ2v) is 7.41. The molecule has 0 heterocycles. The highest BCUT2D eigenvalue weighted by Crippen LogP contribution is 2.46. The van der Waals surface area contributed by atoms with Crippen LogP contribution in [0.25, 0.3) is 0 Å². The molecule has 3 rings (SSSR count). The number of hydrogen-bond acceptors (Lipinski definition) is 3. The third-order valence-corrected chi connectivity index (χ3v) is 5.20. The molecule has 6 heteroatoms. The summed E-state index contributed by atoms with van der Waals surface area (Å²) in [5, 5.41) is 8.44. The van der Waals surface area contributed by atoms with Crippen LogP contribution in [0.5, 0.6) is 0 Å². The zero-order valence-corrected chi connectivity index (χ0v) is 15.8. The first-order chi connectivity index (χ1) is 13.0. The summed E-state index contributed by atoms with van der Waals surface area (Å²) in [6.07, 6.45) is 9.05. The van der Waals surface area contributed by atoms with Crippen molar-refractivity contribution in [3.63, 3.8) is 0 Å². The number of carbonyl (C=O) groups is 3. The van der Waals surface area contributed by atoms with E-state index in [9.17, 15) is 14.4 Å². The topological polar surface area (TPSA) is 87.3 Å². The zero-order valence-electron chi connectivity index (χ0n) is 15.8. The lowest BCUT2D eigenvalue weighted by molar-refractivity contribution is -0.134. The van der Waals surface area contributed by atoms with E-state index >= 15 is 0 Å². The lowest BCUT2D eigenvalue weighted by atomic mass is 9.97. The van der Waals surface area contributed by atoms with Crippen molar-refractivity contribution in [1.29, 1.82) is 0 Å². The van der Waals surface area contributed by atoms with Crippen molar-refractivity contribution < 1.29 is 14.4 Å². The van der Waals surface area contributed by atoms with E-state index in [1.807, 2.05) is 0 Å². The van der Waals surface area contributed by atoms with Gasteiger partial charge in [-0.05, 0) is 69.2 Å². The molecule has 3 N–H and O–H groups in total. The molecule has 2 aliphatic carbocycles. The van der Waals surface area contributed by atoms with Crippen LogP contribution in [0.15, 0.2) is 35.9 Å². The minimum atomic E-state index is -0.933. The quantitative estimate of drug-likeness (QED) is 0.509. The fourth-order valence-electron chi connectivity index (χ4n) is 3.41. The molecule has 0 aromatic heterocycles. The Morgan fingerprint density at radius 3 is 2.19 bits per heavy atom. The van der Waals surface area contributed by atoms with Crippen LogP contribution >= 0.6 is 0 Å². The van der Waals surface area contributed by atoms with E-state index in [1.54, 1.807) is 24.3 Å². The van der Waals surface area contributed by atoms with Crippen molar-refractivity contribution >= 4 is 29.1 Å². The SMILES string of the molecule is CC(=O)Nc1ccc(NC(=O)C2(C(=O)NCCC3=CCCCC3)CC2)cc1. The average Bonchev–Trinajstić information content (AvgIpc) is 3.46. The Hall–Kier alpha value is -2.63. The summed E-state index contributed by atoms with van der Waals surface area (Å²) in [5.74, 6) is -0.584. The Morgan fingerprint density at radius 1 is 0.963 bits per heavy atom. The van der Waals surface area contributed by atoms with E-state index in [0.29, 0.717) is 30.8 Å². The number of anilines is 2. The maximum atomic E-state index is 12.6. The Labute approximate surface area is 159 Å². The Bertz CT molecular complexity index is 748. The molecule has 0 saturated heterocycles.